The first-order valence-corrected chi connectivity index (χ1v) is 8.10. The summed E-state index contributed by atoms with van der Waals surface area (Å²) >= 11 is 0. The van der Waals surface area contributed by atoms with Crippen LogP contribution in [0, 0.1) is 16.0 Å². The number of nitro benzene ring substituents is 1. The number of rotatable bonds is 3. The maximum atomic E-state index is 11.6. The number of non-ortho nitro benzene ring substituents is 1. The molecule has 0 amide bonds. The highest BCUT2D eigenvalue weighted by molar-refractivity contribution is 5.95. The van der Waals surface area contributed by atoms with E-state index in [0.29, 0.717) is 5.69 Å². The molecule has 2 aromatic rings. The van der Waals surface area contributed by atoms with Gasteiger partial charge in [0.25, 0.3) is 5.69 Å². The van der Waals surface area contributed by atoms with E-state index in [9.17, 15) is 20.0 Å². The van der Waals surface area contributed by atoms with Crippen LogP contribution in [0.25, 0.3) is 0 Å². The molecule has 1 aliphatic carbocycles. The summed E-state index contributed by atoms with van der Waals surface area (Å²) in [5, 5.41) is 24.0. The van der Waals surface area contributed by atoms with Gasteiger partial charge in [0.15, 0.2) is 0 Å². The van der Waals surface area contributed by atoms with Crippen LogP contribution in [0.1, 0.15) is 39.9 Å². The first kappa shape index (κ1) is 15.4. The summed E-state index contributed by atoms with van der Waals surface area (Å²) in [5.74, 6) is -0.666. The zero-order valence-electron chi connectivity index (χ0n) is 13.3. The Hall–Kier alpha value is -3.15. The molecule has 4 rings (SSSR count). The number of carboxylic acid groups (broad SMARTS) is 1. The summed E-state index contributed by atoms with van der Waals surface area (Å²) in [7, 11) is 0. The summed E-state index contributed by atoms with van der Waals surface area (Å²) in [6.07, 6.45) is 5.06. The average molecular weight is 336 g/mol. The number of nitrogens with zero attached hydrogens (tertiary/aromatic N) is 1. The lowest BCUT2D eigenvalue weighted by Crippen LogP contribution is -2.30. The third-order valence-corrected chi connectivity index (χ3v) is 5.07. The van der Waals surface area contributed by atoms with Crippen molar-refractivity contribution >= 4 is 17.3 Å². The van der Waals surface area contributed by atoms with Crippen LogP contribution in [0.2, 0.25) is 0 Å². The highest BCUT2D eigenvalue weighted by Crippen LogP contribution is 2.50. The van der Waals surface area contributed by atoms with Gasteiger partial charge in [0, 0.05) is 18.1 Å². The van der Waals surface area contributed by atoms with Gasteiger partial charge in [0.05, 0.1) is 22.2 Å². The van der Waals surface area contributed by atoms with Crippen LogP contribution in [0.4, 0.5) is 11.4 Å². The van der Waals surface area contributed by atoms with Crippen LogP contribution in [-0.2, 0) is 0 Å². The van der Waals surface area contributed by atoms with Gasteiger partial charge in [0.2, 0.25) is 0 Å². The van der Waals surface area contributed by atoms with Crippen molar-refractivity contribution in [2.75, 3.05) is 5.32 Å². The number of benzene rings is 2. The lowest BCUT2D eigenvalue weighted by atomic mass is 9.76. The first-order valence-electron chi connectivity index (χ1n) is 8.10. The van der Waals surface area contributed by atoms with Gasteiger partial charge >= 0.3 is 5.97 Å². The summed E-state index contributed by atoms with van der Waals surface area (Å²) < 4.78 is 0. The molecule has 6 nitrogen and oxygen atoms in total. The molecule has 3 atom stereocenters. The molecule has 0 saturated carbocycles. The predicted molar refractivity (Wildman–Crippen MR) is 92.8 cm³/mol. The molecule has 1 heterocycles. The second-order valence-corrected chi connectivity index (χ2v) is 6.40. The Morgan fingerprint density at radius 2 is 2.04 bits per heavy atom. The van der Waals surface area contributed by atoms with Gasteiger partial charge in [-0.1, -0.05) is 36.4 Å². The molecule has 0 unspecified atom stereocenters. The fraction of sp³-hybridized carbons (Fsp3) is 0.211. The third kappa shape index (κ3) is 2.46. The van der Waals surface area contributed by atoms with Gasteiger partial charge in [-0.3, -0.25) is 10.1 Å². The Labute approximate surface area is 144 Å². The Morgan fingerprint density at radius 3 is 2.80 bits per heavy atom. The lowest BCUT2D eigenvalue weighted by Gasteiger charge is -2.38. The highest BCUT2D eigenvalue weighted by Gasteiger charge is 2.39. The smallest absolute Gasteiger partial charge is 0.337 e. The molecule has 6 heteroatoms. The van der Waals surface area contributed by atoms with Gasteiger partial charge in [-0.15, -0.1) is 0 Å². The number of para-hydroxylation sites is 1. The molecule has 0 radical (unpaired) electrons. The van der Waals surface area contributed by atoms with E-state index in [1.807, 2.05) is 12.1 Å². The standard InChI is InChI=1S/C19H16N2O4/c22-19(23)16-9-3-8-15-13-6-2-7-14(13)17(20-18(15)16)11-4-1-5-12(10-11)21(24)25/h1-6,8-10,13-14,17,20H,7H2,(H,22,23)/t13-,14-,17+/m0/s1. The predicted octanol–water partition coefficient (Wildman–Crippen LogP) is 4.12. The van der Waals surface area contributed by atoms with E-state index in [0.717, 1.165) is 17.5 Å². The maximum absolute atomic E-state index is 11.6. The molecule has 2 aliphatic rings. The number of nitrogens with one attached hydrogen (secondary N) is 1. The fourth-order valence-electron chi connectivity index (χ4n) is 3.96. The second-order valence-electron chi connectivity index (χ2n) is 6.40. The van der Waals surface area contributed by atoms with Crippen molar-refractivity contribution in [1.82, 2.24) is 0 Å². The Balaban J connectivity index is 1.83. The first-order chi connectivity index (χ1) is 12.1. The van der Waals surface area contributed by atoms with Crippen LogP contribution in [0.3, 0.4) is 0 Å². The molecular formula is C19H16N2O4. The van der Waals surface area contributed by atoms with Crippen molar-refractivity contribution in [2.24, 2.45) is 5.92 Å². The van der Waals surface area contributed by atoms with E-state index in [1.165, 1.54) is 6.07 Å². The van der Waals surface area contributed by atoms with Crippen LogP contribution in [0.15, 0.2) is 54.6 Å². The molecule has 1 aliphatic heterocycles. The highest BCUT2D eigenvalue weighted by atomic mass is 16.6. The second kappa shape index (κ2) is 5.73. The number of anilines is 1. The quantitative estimate of drug-likeness (QED) is 0.500. The molecule has 0 aromatic heterocycles. The largest absolute Gasteiger partial charge is 0.478 e. The van der Waals surface area contributed by atoms with E-state index in [4.69, 9.17) is 0 Å². The minimum Gasteiger partial charge on any atom is -0.478 e. The summed E-state index contributed by atoms with van der Waals surface area (Å²) in [5.41, 5.74) is 2.66. The van der Waals surface area contributed by atoms with E-state index in [-0.39, 0.29) is 29.1 Å². The number of hydrogen-bond donors (Lipinski definition) is 2. The number of allylic oxidation sites excluding steroid dienone is 2. The van der Waals surface area contributed by atoms with Gasteiger partial charge in [0.1, 0.15) is 0 Å². The summed E-state index contributed by atoms with van der Waals surface area (Å²) in [6.45, 7) is 0. The third-order valence-electron chi connectivity index (χ3n) is 5.07. The zero-order chi connectivity index (χ0) is 17.6. The molecule has 0 saturated heterocycles. The minimum absolute atomic E-state index is 0.0409. The van der Waals surface area contributed by atoms with Crippen molar-refractivity contribution < 1.29 is 14.8 Å². The fourth-order valence-corrected chi connectivity index (χ4v) is 3.96. The van der Waals surface area contributed by atoms with Crippen molar-refractivity contribution in [1.29, 1.82) is 0 Å². The molecule has 0 spiro atoms. The normalized spacial score (nSPS) is 23.4. The number of aromatic carboxylic acids is 1. The van der Waals surface area contributed by atoms with E-state index in [1.54, 1.807) is 24.3 Å². The number of carbonyl (C=O) groups is 1. The molecule has 0 bridgehead atoms. The summed E-state index contributed by atoms with van der Waals surface area (Å²) in [4.78, 5) is 22.3. The van der Waals surface area contributed by atoms with Crippen LogP contribution < -0.4 is 5.32 Å². The summed E-state index contributed by atoms with van der Waals surface area (Å²) in [6, 6.07) is 11.7. The van der Waals surface area contributed by atoms with Crippen molar-refractivity contribution in [3.8, 4) is 0 Å². The van der Waals surface area contributed by atoms with Crippen LogP contribution in [0.5, 0.6) is 0 Å². The number of nitro groups is 1. The SMILES string of the molecule is O=C(O)c1cccc2c1N[C@H](c1cccc([N+](=O)[O-])c1)[C@H]1CC=C[C@H]21. The molecule has 2 N–H and O–H groups in total. The van der Waals surface area contributed by atoms with Crippen LogP contribution in [-0.4, -0.2) is 16.0 Å². The Bertz CT molecular complexity index is 906. The molecule has 25 heavy (non-hydrogen) atoms. The number of fused-ring (bicyclic) bond motifs is 3. The van der Waals surface area contributed by atoms with Crippen LogP contribution >= 0.6 is 0 Å². The van der Waals surface area contributed by atoms with E-state index < -0.39 is 10.9 Å². The van der Waals surface area contributed by atoms with Gasteiger partial charge in [-0.25, -0.2) is 4.79 Å². The molecule has 0 fully saturated rings. The average Bonchev–Trinajstić information content (AvgIpc) is 3.10. The number of carboxylic acids is 1. The number of hydrogen-bond acceptors (Lipinski definition) is 4. The molecule has 126 valence electrons. The Kier molecular flexibility index (Phi) is 3.53. The van der Waals surface area contributed by atoms with Crippen molar-refractivity contribution in [3.05, 3.63) is 81.4 Å². The van der Waals surface area contributed by atoms with E-state index in [2.05, 4.69) is 17.5 Å². The van der Waals surface area contributed by atoms with E-state index >= 15 is 0 Å². The minimum atomic E-state index is -0.984. The zero-order valence-corrected chi connectivity index (χ0v) is 13.3. The van der Waals surface area contributed by atoms with Gasteiger partial charge in [-0.2, -0.15) is 0 Å². The topological polar surface area (TPSA) is 92.5 Å². The molecule has 2 aromatic carbocycles. The monoisotopic (exact) mass is 336 g/mol. The lowest BCUT2D eigenvalue weighted by molar-refractivity contribution is -0.384. The Morgan fingerprint density at radius 1 is 1.24 bits per heavy atom. The van der Waals surface area contributed by atoms with Crippen molar-refractivity contribution in [2.45, 2.75) is 18.4 Å². The van der Waals surface area contributed by atoms with Gasteiger partial charge in [-0.05, 0) is 29.5 Å². The van der Waals surface area contributed by atoms with Crippen molar-refractivity contribution in [3.63, 3.8) is 0 Å². The maximum Gasteiger partial charge on any atom is 0.337 e. The van der Waals surface area contributed by atoms with Gasteiger partial charge < -0.3 is 10.4 Å². The molecular weight excluding hydrogens is 320 g/mol.